The van der Waals surface area contributed by atoms with E-state index in [1.807, 2.05) is 6.07 Å². The summed E-state index contributed by atoms with van der Waals surface area (Å²) in [5, 5.41) is 14.5. The highest BCUT2D eigenvalue weighted by Crippen LogP contribution is 2.37. The minimum atomic E-state index is -3.35. The highest BCUT2D eigenvalue weighted by atomic mass is 32.2. The van der Waals surface area contributed by atoms with Crippen LogP contribution < -0.4 is 0 Å². The third-order valence-electron chi connectivity index (χ3n) is 5.32. The van der Waals surface area contributed by atoms with Crippen molar-refractivity contribution in [3.05, 3.63) is 36.4 Å². The van der Waals surface area contributed by atoms with Crippen LogP contribution in [0, 0.1) is 11.3 Å². The minimum absolute atomic E-state index is 0.109. The summed E-state index contributed by atoms with van der Waals surface area (Å²) in [5.74, 6) is -0.494. The molecule has 3 aromatic heterocycles. The van der Waals surface area contributed by atoms with E-state index in [1.165, 1.54) is 10.5 Å². The molecule has 1 N–H and O–H groups in total. The largest absolute Gasteiger partial charge is 0.459 e. The summed E-state index contributed by atoms with van der Waals surface area (Å²) >= 11 is 0. The predicted molar refractivity (Wildman–Crippen MR) is 112 cm³/mol. The van der Waals surface area contributed by atoms with E-state index in [0.29, 0.717) is 22.3 Å². The Kier molecular flexibility index (Phi) is 5.07. The number of fused-ring (bicyclic) bond motifs is 1. The van der Waals surface area contributed by atoms with Gasteiger partial charge in [0.15, 0.2) is 0 Å². The van der Waals surface area contributed by atoms with Gasteiger partial charge in [-0.1, -0.05) is 0 Å². The van der Waals surface area contributed by atoms with Gasteiger partial charge in [0.2, 0.25) is 10.0 Å². The van der Waals surface area contributed by atoms with Crippen molar-refractivity contribution in [2.24, 2.45) is 0 Å². The molecule has 0 spiro atoms. The van der Waals surface area contributed by atoms with Gasteiger partial charge in [0, 0.05) is 48.2 Å². The first kappa shape index (κ1) is 21.0. The minimum Gasteiger partial charge on any atom is -0.459 e. The average Bonchev–Trinajstić information content (AvgIpc) is 3.31. The van der Waals surface area contributed by atoms with Crippen molar-refractivity contribution in [3.63, 3.8) is 0 Å². The highest BCUT2D eigenvalue weighted by Gasteiger charge is 2.49. The van der Waals surface area contributed by atoms with Crippen molar-refractivity contribution in [3.8, 4) is 17.2 Å². The Balaban J connectivity index is 1.78. The summed E-state index contributed by atoms with van der Waals surface area (Å²) < 4.78 is 32.0. The third-order valence-corrected chi connectivity index (χ3v) is 6.52. The van der Waals surface area contributed by atoms with E-state index in [-0.39, 0.29) is 25.6 Å². The molecular formula is C20H22N6O4S. The van der Waals surface area contributed by atoms with Crippen molar-refractivity contribution < 1.29 is 17.9 Å². The average molecular weight is 443 g/mol. The number of nitrogens with one attached hydrogen (secondary N) is 1. The van der Waals surface area contributed by atoms with Crippen LogP contribution in [0.4, 0.5) is 0 Å². The fourth-order valence-corrected chi connectivity index (χ4v) is 4.74. The summed E-state index contributed by atoms with van der Waals surface area (Å²) in [5.41, 5.74) is 1.44. The number of ether oxygens (including phenoxy) is 1. The molecule has 162 valence electrons. The van der Waals surface area contributed by atoms with Gasteiger partial charge in [0.25, 0.3) is 0 Å². The van der Waals surface area contributed by atoms with Crippen LogP contribution in [-0.2, 0) is 20.3 Å². The number of aromatic amines is 1. The van der Waals surface area contributed by atoms with E-state index >= 15 is 0 Å². The maximum absolute atomic E-state index is 12.7. The molecule has 1 saturated heterocycles. The molecule has 11 heteroatoms. The molecule has 31 heavy (non-hydrogen) atoms. The van der Waals surface area contributed by atoms with Crippen molar-refractivity contribution in [1.82, 2.24) is 24.1 Å². The van der Waals surface area contributed by atoms with Crippen molar-refractivity contribution >= 4 is 27.0 Å². The lowest BCUT2D eigenvalue weighted by Gasteiger charge is -2.47. The quantitative estimate of drug-likeness (QED) is 0.576. The molecule has 4 rings (SSSR count). The smallest absolute Gasteiger partial charge is 0.340 e. The number of H-pyrrole nitrogens is 1. The number of pyridine rings is 1. The monoisotopic (exact) mass is 442 g/mol. The maximum atomic E-state index is 12.7. The van der Waals surface area contributed by atoms with Crippen LogP contribution in [0.3, 0.4) is 0 Å². The lowest BCUT2D eigenvalue weighted by Crippen LogP contribution is -2.63. The zero-order valence-electron chi connectivity index (χ0n) is 17.4. The third kappa shape index (κ3) is 3.68. The number of hydrogen-bond acceptors (Lipinski definition) is 7. The molecule has 1 fully saturated rings. The molecule has 1 aliphatic heterocycles. The van der Waals surface area contributed by atoms with Crippen LogP contribution in [-0.4, -0.2) is 63.9 Å². The van der Waals surface area contributed by atoms with Gasteiger partial charge in [0.1, 0.15) is 11.2 Å². The topological polar surface area (TPSA) is 134 Å². The molecule has 0 saturated carbocycles. The maximum Gasteiger partial charge on any atom is 0.340 e. The van der Waals surface area contributed by atoms with Gasteiger partial charge < -0.3 is 9.72 Å². The van der Waals surface area contributed by atoms with E-state index in [2.05, 4.69) is 21.1 Å². The van der Waals surface area contributed by atoms with Gasteiger partial charge in [-0.05, 0) is 19.9 Å². The van der Waals surface area contributed by atoms with E-state index in [9.17, 15) is 18.5 Å². The Hall–Kier alpha value is -3.23. The van der Waals surface area contributed by atoms with E-state index < -0.39 is 21.5 Å². The number of aromatic nitrogens is 4. The van der Waals surface area contributed by atoms with Gasteiger partial charge in [-0.25, -0.2) is 18.2 Å². The van der Waals surface area contributed by atoms with Gasteiger partial charge in [0.05, 0.1) is 36.6 Å². The number of nitrogens with zero attached hydrogens (tertiary/aromatic N) is 5. The lowest BCUT2D eigenvalue weighted by molar-refractivity contribution is 0.0378. The zero-order valence-corrected chi connectivity index (χ0v) is 18.2. The Morgan fingerprint density at radius 2 is 2.13 bits per heavy atom. The number of hydrogen-bond donors (Lipinski definition) is 1. The zero-order chi connectivity index (χ0) is 22.4. The second-order valence-corrected chi connectivity index (χ2v) is 9.99. The molecular weight excluding hydrogens is 420 g/mol. The number of rotatable bonds is 6. The van der Waals surface area contributed by atoms with Crippen molar-refractivity contribution in [2.45, 2.75) is 31.9 Å². The summed E-state index contributed by atoms with van der Waals surface area (Å²) in [6, 6.07) is 3.96. The van der Waals surface area contributed by atoms with E-state index in [1.54, 1.807) is 37.1 Å². The van der Waals surface area contributed by atoms with Crippen molar-refractivity contribution in [1.29, 1.82) is 5.26 Å². The van der Waals surface area contributed by atoms with Crippen molar-refractivity contribution in [2.75, 3.05) is 19.3 Å². The number of carbonyl (C=O) groups excluding carboxylic acids is 1. The summed E-state index contributed by atoms with van der Waals surface area (Å²) in [4.78, 5) is 20.1. The van der Waals surface area contributed by atoms with Gasteiger partial charge in [-0.15, -0.1) is 0 Å². The fraction of sp³-hybridized carbons (Fsp3) is 0.400. The molecule has 1 aliphatic rings. The summed E-state index contributed by atoms with van der Waals surface area (Å²) in [6.07, 6.45) is 7.51. The Labute approximate surface area is 179 Å². The lowest BCUT2D eigenvalue weighted by atomic mass is 9.89. The first-order valence-electron chi connectivity index (χ1n) is 9.69. The van der Waals surface area contributed by atoms with Crippen LogP contribution in [0.25, 0.3) is 22.2 Å². The molecule has 0 radical (unpaired) electrons. The Morgan fingerprint density at radius 1 is 1.39 bits per heavy atom. The molecule has 0 bridgehead atoms. The summed E-state index contributed by atoms with van der Waals surface area (Å²) in [6.45, 7) is 3.87. The number of sulfonamides is 1. The van der Waals surface area contributed by atoms with Crippen LogP contribution in [0.15, 0.2) is 30.9 Å². The summed E-state index contributed by atoms with van der Waals surface area (Å²) in [7, 11) is -3.35. The number of esters is 1. The second kappa shape index (κ2) is 7.47. The van der Waals surface area contributed by atoms with Crippen LogP contribution in [0.5, 0.6) is 0 Å². The second-order valence-electron chi connectivity index (χ2n) is 8.00. The molecule has 0 aliphatic carbocycles. The van der Waals surface area contributed by atoms with Gasteiger partial charge in [-0.2, -0.15) is 14.7 Å². The molecule has 0 aromatic carbocycles. The molecule has 10 nitrogen and oxygen atoms in total. The van der Waals surface area contributed by atoms with Crippen LogP contribution in [0.2, 0.25) is 0 Å². The molecule has 4 heterocycles. The molecule has 0 atom stereocenters. The number of carbonyl (C=O) groups is 1. The number of nitriles is 1. The van der Waals surface area contributed by atoms with Crippen LogP contribution in [0.1, 0.15) is 30.6 Å². The normalized spacial score (nSPS) is 16.2. The standard InChI is InChI=1S/C20H22N6O4S/c1-13(2)30-19(27)16-9-23-18-15(4-7-22-18)17(16)14-8-24-26(10-14)20(5-6-21)11-25(12-20)31(3,28)29/h4,7-10,13H,5,11-12H2,1-3H3,(H,22,23). The first-order valence-corrected chi connectivity index (χ1v) is 11.5. The SMILES string of the molecule is CC(C)OC(=O)c1cnc2[nH]ccc2c1-c1cnn(C2(CC#N)CN(S(C)(=O)=O)C2)c1. The Bertz CT molecular complexity index is 1290. The molecule has 0 amide bonds. The molecule has 3 aromatic rings. The fourth-order valence-electron chi connectivity index (χ4n) is 3.79. The Morgan fingerprint density at radius 3 is 2.77 bits per heavy atom. The van der Waals surface area contributed by atoms with Gasteiger partial charge in [-0.3, -0.25) is 4.68 Å². The highest BCUT2D eigenvalue weighted by molar-refractivity contribution is 7.88. The molecule has 0 unspecified atom stereocenters. The van der Waals surface area contributed by atoms with Crippen LogP contribution >= 0.6 is 0 Å². The first-order chi connectivity index (χ1) is 14.6. The van der Waals surface area contributed by atoms with E-state index in [4.69, 9.17) is 4.74 Å². The van der Waals surface area contributed by atoms with E-state index in [0.717, 1.165) is 11.6 Å². The predicted octanol–water partition coefficient (Wildman–Crippen LogP) is 1.88. The van der Waals surface area contributed by atoms with Gasteiger partial charge >= 0.3 is 5.97 Å².